The van der Waals surface area contributed by atoms with Crippen LogP contribution < -0.4 is 5.73 Å². The molecule has 0 aliphatic heterocycles. The van der Waals surface area contributed by atoms with Crippen LogP contribution in [0.25, 0.3) is 10.9 Å². The molecule has 0 saturated heterocycles. The average molecular weight is 189 g/mol. The van der Waals surface area contributed by atoms with Crippen molar-refractivity contribution in [2.75, 3.05) is 5.73 Å². The Bertz CT molecular complexity index is 510. The van der Waals surface area contributed by atoms with Crippen LogP contribution in [0.2, 0.25) is 0 Å². The summed E-state index contributed by atoms with van der Waals surface area (Å²) in [5.41, 5.74) is 6.21. The second-order valence-electron chi connectivity index (χ2n) is 2.87. The fraction of sp³-hybridized carbons (Fsp3) is 0. The first-order valence-electron chi connectivity index (χ1n) is 3.97. The predicted molar refractivity (Wildman–Crippen MR) is 52.8 cm³/mol. The number of rotatable bonds is 1. The number of fused-ring (bicyclic) bond motifs is 1. The highest BCUT2D eigenvalue weighted by Crippen LogP contribution is 2.26. The van der Waals surface area contributed by atoms with Crippen LogP contribution in [-0.4, -0.2) is 9.91 Å². The number of nitro benzene ring substituents is 1. The Morgan fingerprint density at radius 1 is 1.43 bits per heavy atom. The summed E-state index contributed by atoms with van der Waals surface area (Å²) in [5, 5.41) is 11.4. The molecule has 0 aliphatic carbocycles. The van der Waals surface area contributed by atoms with E-state index in [4.69, 9.17) is 5.73 Å². The average Bonchev–Trinajstić information content (AvgIpc) is 2.16. The third-order valence-electron chi connectivity index (χ3n) is 1.90. The van der Waals surface area contributed by atoms with Crippen molar-refractivity contribution in [1.29, 1.82) is 0 Å². The molecule has 5 heteroatoms. The standard InChI is InChI=1S/C9H7N3O2/c10-7-4-6-2-1-3-11-9(6)8(5-7)12(13)14/h1-5H,10H2. The molecule has 14 heavy (non-hydrogen) atoms. The van der Waals surface area contributed by atoms with E-state index >= 15 is 0 Å². The van der Waals surface area contributed by atoms with Crippen LogP contribution in [0, 0.1) is 10.1 Å². The lowest BCUT2D eigenvalue weighted by Crippen LogP contribution is -1.94. The maximum Gasteiger partial charge on any atom is 0.297 e. The number of nitrogen functional groups attached to an aromatic ring is 1. The van der Waals surface area contributed by atoms with Gasteiger partial charge in [0.05, 0.1) is 4.92 Å². The smallest absolute Gasteiger partial charge is 0.297 e. The second kappa shape index (κ2) is 2.95. The van der Waals surface area contributed by atoms with Crippen molar-refractivity contribution in [3.8, 4) is 0 Å². The number of nitrogens with two attached hydrogens (primary N) is 1. The van der Waals surface area contributed by atoms with Gasteiger partial charge in [0.2, 0.25) is 0 Å². The molecular formula is C9H7N3O2. The Balaban J connectivity index is 2.87. The highest BCUT2D eigenvalue weighted by Gasteiger charge is 2.13. The number of nitrogens with zero attached hydrogens (tertiary/aromatic N) is 2. The van der Waals surface area contributed by atoms with Crippen LogP contribution in [0.3, 0.4) is 0 Å². The Hall–Kier alpha value is -2.17. The number of pyridine rings is 1. The highest BCUT2D eigenvalue weighted by molar-refractivity contribution is 5.90. The van der Waals surface area contributed by atoms with Gasteiger partial charge in [-0.15, -0.1) is 0 Å². The fourth-order valence-electron chi connectivity index (χ4n) is 1.33. The molecule has 1 heterocycles. The zero-order valence-corrected chi connectivity index (χ0v) is 7.18. The van der Waals surface area contributed by atoms with Crippen molar-refractivity contribution in [3.63, 3.8) is 0 Å². The molecule has 0 saturated carbocycles. The molecular weight excluding hydrogens is 182 g/mol. The first-order valence-corrected chi connectivity index (χ1v) is 3.97. The molecule has 2 N–H and O–H groups in total. The normalized spacial score (nSPS) is 10.3. The first-order chi connectivity index (χ1) is 6.68. The number of non-ortho nitro benzene ring substituents is 1. The number of benzene rings is 1. The van der Waals surface area contributed by atoms with E-state index in [0.717, 1.165) is 0 Å². The molecule has 0 aliphatic rings. The molecule has 1 aromatic heterocycles. The minimum Gasteiger partial charge on any atom is -0.399 e. The highest BCUT2D eigenvalue weighted by atomic mass is 16.6. The number of hydrogen-bond acceptors (Lipinski definition) is 4. The van der Waals surface area contributed by atoms with Crippen molar-refractivity contribution in [1.82, 2.24) is 4.98 Å². The summed E-state index contributed by atoms with van der Waals surface area (Å²) in [4.78, 5) is 14.1. The van der Waals surface area contributed by atoms with Gasteiger partial charge < -0.3 is 5.73 Å². The fourth-order valence-corrected chi connectivity index (χ4v) is 1.33. The van der Waals surface area contributed by atoms with E-state index in [-0.39, 0.29) is 5.69 Å². The Labute approximate surface area is 79.3 Å². The molecule has 0 unspecified atom stereocenters. The van der Waals surface area contributed by atoms with Crippen LogP contribution in [0.4, 0.5) is 11.4 Å². The summed E-state index contributed by atoms with van der Waals surface area (Å²) >= 11 is 0. The summed E-state index contributed by atoms with van der Waals surface area (Å²) in [6.45, 7) is 0. The lowest BCUT2D eigenvalue weighted by molar-refractivity contribution is -0.383. The van der Waals surface area contributed by atoms with E-state index in [1.54, 1.807) is 18.2 Å². The minimum atomic E-state index is -0.480. The lowest BCUT2D eigenvalue weighted by atomic mass is 10.2. The van der Waals surface area contributed by atoms with E-state index < -0.39 is 4.92 Å². The molecule has 0 spiro atoms. The van der Waals surface area contributed by atoms with Crippen LogP contribution in [0.15, 0.2) is 30.5 Å². The maximum atomic E-state index is 10.7. The Morgan fingerprint density at radius 2 is 2.21 bits per heavy atom. The zero-order chi connectivity index (χ0) is 10.1. The quantitative estimate of drug-likeness (QED) is 0.420. The number of hydrogen-bond donors (Lipinski definition) is 1. The molecule has 0 bridgehead atoms. The van der Waals surface area contributed by atoms with Crippen LogP contribution >= 0.6 is 0 Å². The maximum absolute atomic E-state index is 10.7. The van der Waals surface area contributed by atoms with E-state index in [1.165, 1.54) is 12.3 Å². The topological polar surface area (TPSA) is 82.0 Å². The Morgan fingerprint density at radius 3 is 2.93 bits per heavy atom. The molecule has 1 aromatic carbocycles. The van der Waals surface area contributed by atoms with Gasteiger partial charge in [0, 0.05) is 23.3 Å². The molecule has 70 valence electrons. The second-order valence-corrected chi connectivity index (χ2v) is 2.87. The van der Waals surface area contributed by atoms with Crippen LogP contribution in [0.1, 0.15) is 0 Å². The van der Waals surface area contributed by atoms with Gasteiger partial charge in [0.15, 0.2) is 0 Å². The molecule has 2 aromatic rings. The summed E-state index contributed by atoms with van der Waals surface area (Å²) in [5.74, 6) is 0. The van der Waals surface area contributed by atoms with Crippen LogP contribution in [-0.2, 0) is 0 Å². The van der Waals surface area contributed by atoms with E-state index in [2.05, 4.69) is 4.98 Å². The number of nitro groups is 1. The van der Waals surface area contributed by atoms with Gasteiger partial charge in [-0.1, -0.05) is 6.07 Å². The van der Waals surface area contributed by atoms with E-state index in [0.29, 0.717) is 16.6 Å². The summed E-state index contributed by atoms with van der Waals surface area (Å²) < 4.78 is 0. The van der Waals surface area contributed by atoms with Crippen molar-refractivity contribution in [2.24, 2.45) is 0 Å². The van der Waals surface area contributed by atoms with Gasteiger partial charge in [0.25, 0.3) is 5.69 Å². The van der Waals surface area contributed by atoms with Crippen molar-refractivity contribution < 1.29 is 4.92 Å². The van der Waals surface area contributed by atoms with Gasteiger partial charge in [-0.3, -0.25) is 10.1 Å². The summed E-state index contributed by atoms with van der Waals surface area (Å²) in [6, 6.07) is 6.43. The number of aromatic nitrogens is 1. The largest absolute Gasteiger partial charge is 0.399 e. The molecule has 0 radical (unpaired) electrons. The lowest BCUT2D eigenvalue weighted by Gasteiger charge is -1.99. The first kappa shape index (κ1) is 8.43. The van der Waals surface area contributed by atoms with Gasteiger partial charge >= 0.3 is 0 Å². The van der Waals surface area contributed by atoms with Crippen LogP contribution in [0.5, 0.6) is 0 Å². The van der Waals surface area contributed by atoms with E-state index in [9.17, 15) is 10.1 Å². The van der Waals surface area contributed by atoms with E-state index in [1.807, 2.05) is 0 Å². The monoisotopic (exact) mass is 189 g/mol. The summed E-state index contributed by atoms with van der Waals surface area (Å²) in [7, 11) is 0. The van der Waals surface area contributed by atoms with Gasteiger partial charge in [0.1, 0.15) is 5.52 Å². The molecule has 5 nitrogen and oxygen atoms in total. The van der Waals surface area contributed by atoms with Gasteiger partial charge in [-0.05, 0) is 12.1 Å². The molecule has 0 amide bonds. The van der Waals surface area contributed by atoms with Gasteiger partial charge in [-0.2, -0.15) is 0 Å². The molecule has 0 fully saturated rings. The van der Waals surface area contributed by atoms with Crippen molar-refractivity contribution >= 4 is 22.3 Å². The molecule has 0 atom stereocenters. The number of anilines is 1. The van der Waals surface area contributed by atoms with Crippen molar-refractivity contribution in [2.45, 2.75) is 0 Å². The SMILES string of the molecule is Nc1cc([N+](=O)[O-])c2ncccc2c1. The summed E-state index contributed by atoms with van der Waals surface area (Å²) in [6.07, 6.45) is 1.52. The third-order valence-corrected chi connectivity index (χ3v) is 1.90. The predicted octanol–water partition coefficient (Wildman–Crippen LogP) is 1.73. The third kappa shape index (κ3) is 1.24. The minimum absolute atomic E-state index is 0.0550. The zero-order valence-electron chi connectivity index (χ0n) is 7.18. The molecule has 2 rings (SSSR count). The van der Waals surface area contributed by atoms with Crippen molar-refractivity contribution in [3.05, 3.63) is 40.6 Å². The Kier molecular flexibility index (Phi) is 1.78. The van der Waals surface area contributed by atoms with Gasteiger partial charge in [-0.25, -0.2) is 4.98 Å².